The molecule has 0 amide bonds. The molecule has 0 aliphatic heterocycles. The van der Waals surface area contributed by atoms with Crippen molar-refractivity contribution in [1.29, 1.82) is 0 Å². The van der Waals surface area contributed by atoms with Gasteiger partial charge in [-0.05, 0) is 18.2 Å². The third kappa shape index (κ3) is 3.28. The minimum absolute atomic E-state index is 0.242. The van der Waals surface area contributed by atoms with E-state index in [1.54, 1.807) is 18.2 Å². The maximum absolute atomic E-state index is 9.30. The second kappa shape index (κ2) is 6.21. The number of halogens is 4. The largest absolute Gasteiger partial charge is 0.455 e. The van der Waals surface area contributed by atoms with Crippen LogP contribution >= 0.6 is 46.4 Å². The average Bonchev–Trinajstić information content (AvgIpc) is 2.36. The maximum Gasteiger partial charge on any atom is 0.147 e. The topological polar surface area (TPSA) is 29.5 Å². The molecule has 0 heterocycles. The summed E-state index contributed by atoms with van der Waals surface area (Å²) in [6.07, 6.45) is 0. The van der Waals surface area contributed by atoms with E-state index in [0.29, 0.717) is 37.2 Å². The summed E-state index contributed by atoms with van der Waals surface area (Å²) in [5.41, 5.74) is 0.478. The Morgan fingerprint density at radius 1 is 0.842 bits per heavy atom. The lowest BCUT2D eigenvalue weighted by Gasteiger charge is -2.12. The molecule has 0 radical (unpaired) electrons. The van der Waals surface area contributed by atoms with E-state index in [9.17, 15) is 5.11 Å². The summed E-state index contributed by atoms with van der Waals surface area (Å²) in [7, 11) is 0. The summed E-state index contributed by atoms with van der Waals surface area (Å²) >= 11 is 23.7. The van der Waals surface area contributed by atoms with Crippen LogP contribution in [-0.2, 0) is 6.61 Å². The van der Waals surface area contributed by atoms with Crippen molar-refractivity contribution < 1.29 is 9.84 Å². The normalized spacial score (nSPS) is 10.6. The van der Waals surface area contributed by atoms with E-state index in [1.165, 1.54) is 12.1 Å². The van der Waals surface area contributed by atoms with Gasteiger partial charge in [-0.15, -0.1) is 0 Å². The highest BCUT2D eigenvalue weighted by atomic mass is 35.5. The second-order valence-electron chi connectivity index (χ2n) is 3.67. The van der Waals surface area contributed by atoms with Crippen LogP contribution in [0, 0.1) is 0 Å². The molecular weight excluding hydrogens is 330 g/mol. The number of ether oxygens (including phenoxy) is 1. The lowest BCUT2D eigenvalue weighted by molar-refractivity contribution is 0.276. The van der Waals surface area contributed by atoms with E-state index in [1.807, 2.05) is 0 Å². The first kappa shape index (κ1) is 14.8. The van der Waals surface area contributed by atoms with Crippen LogP contribution in [0.4, 0.5) is 0 Å². The first-order valence-corrected chi connectivity index (χ1v) is 6.74. The molecular formula is C13H8Cl4O2. The van der Waals surface area contributed by atoms with Crippen molar-refractivity contribution in [2.24, 2.45) is 0 Å². The zero-order valence-corrected chi connectivity index (χ0v) is 12.5. The Morgan fingerprint density at radius 2 is 1.53 bits per heavy atom. The molecule has 0 unspecified atom stereocenters. The van der Waals surface area contributed by atoms with Crippen LogP contribution in [0.2, 0.25) is 20.1 Å². The van der Waals surface area contributed by atoms with Crippen molar-refractivity contribution in [3.63, 3.8) is 0 Å². The highest BCUT2D eigenvalue weighted by Crippen LogP contribution is 2.38. The van der Waals surface area contributed by atoms with Crippen LogP contribution in [0.1, 0.15) is 5.56 Å². The van der Waals surface area contributed by atoms with E-state index in [2.05, 4.69) is 0 Å². The van der Waals surface area contributed by atoms with Gasteiger partial charge in [0.1, 0.15) is 11.5 Å². The Balaban J connectivity index is 2.42. The molecule has 2 aromatic carbocycles. The zero-order chi connectivity index (χ0) is 14.0. The van der Waals surface area contributed by atoms with Crippen LogP contribution < -0.4 is 4.74 Å². The van der Waals surface area contributed by atoms with Gasteiger partial charge in [0.05, 0.1) is 21.7 Å². The van der Waals surface area contributed by atoms with Gasteiger partial charge in [0.25, 0.3) is 0 Å². The summed E-state index contributed by atoms with van der Waals surface area (Å²) in [4.78, 5) is 0. The fourth-order valence-electron chi connectivity index (χ4n) is 1.49. The van der Waals surface area contributed by atoms with E-state index in [-0.39, 0.29) is 6.61 Å². The van der Waals surface area contributed by atoms with Gasteiger partial charge in [0.15, 0.2) is 0 Å². The third-order valence-corrected chi connectivity index (χ3v) is 3.80. The van der Waals surface area contributed by atoms with Gasteiger partial charge in [-0.1, -0.05) is 52.5 Å². The Bertz CT molecular complexity index is 614. The molecule has 0 saturated carbocycles. The van der Waals surface area contributed by atoms with E-state index in [4.69, 9.17) is 51.1 Å². The first-order chi connectivity index (χ1) is 9.02. The Kier molecular flexibility index (Phi) is 4.82. The lowest BCUT2D eigenvalue weighted by atomic mass is 10.2. The minimum Gasteiger partial charge on any atom is -0.455 e. The molecule has 0 aromatic heterocycles. The summed E-state index contributed by atoms with van der Waals surface area (Å²) in [6.45, 7) is -0.242. The molecule has 6 heteroatoms. The van der Waals surface area contributed by atoms with Gasteiger partial charge in [0, 0.05) is 16.7 Å². The van der Waals surface area contributed by atoms with Gasteiger partial charge in [-0.25, -0.2) is 0 Å². The number of hydrogen-bond donors (Lipinski definition) is 1. The molecule has 0 bridgehead atoms. The second-order valence-corrected chi connectivity index (χ2v) is 5.30. The molecule has 19 heavy (non-hydrogen) atoms. The van der Waals surface area contributed by atoms with E-state index >= 15 is 0 Å². The predicted molar refractivity (Wildman–Crippen MR) is 78.9 cm³/mol. The number of hydrogen-bond acceptors (Lipinski definition) is 2. The molecule has 2 rings (SSSR count). The van der Waals surface area contributed by atoms with Crippen LogP contribution in [0.15, 0.2) is 30.3 Å². The van der Waals surface area contributed by atoms with Crippen molar-refractivity contribution >= 4 is 46.4 Å². The quantitative estimate of drug-likeness (QED) is 0.740. The van der Waals surface area contributed by atoms with Crippen molar-refractivity contribution in [3.8, 4) is 11.5 Å². The van der Waals surface area contributed by atoms with Gasteiger partial charge in [-0.3, -0.25) is 0 Å². The minimum atomic E-state index is -0.242. The Labute approximate surface area is 130 Å². The number of rotatable bonds is 3. The molecule has 0 spiro atoms. The summed E-state index contributed by atoms with van der Waals surface area (Å²) in [6, 6.07) is 8.05. The summed E-state index contributed by atoms with van der Waals surface area (Å²) in [5.74, 6) is 0.753. The highest BCUT2D eigenvalue weighted by molar-refractivity contribution is 6.43. The van der Waals surface area contributed by atoms with Crippen LogP contribution in [0.5, 0.6) is 11.5 Å². The van der Waals surface area contributed by atoms with Crippen molar-refractivity contribution in [2.45, 2.75) is 6.61 Å². The summed E-state index contributed by atoms with van der Waals surface area (Å²) in [5, 5.41) is 10.7. The standard InChI is InChI=1S/C13H8Cl4O2/c14-8-2-1-3-12(7(8)6-18)19-13-5-10(16)9(15)4-11(13)17/h1-5,18H,6H2. The first-order valence-electron chi connectivity index (χ1n) is 5.23. The molecule has 0 aliphatic carbocycles. The molecule has 0 aliphatic rings. The van der Waals surface area contributed by atoms with Gasteiger partial charge in [-0.2, -0.15) is 0 Å². The van der Waals surface area contributed by atoms with Gasteiger partial charge < -0.3 is 9.84 Å². The number of benzene rings is 2. The molecule has 2 nitrogen and oxygen atoms in total. The monoisotopic (exact) mass is 336 g/mol. The summed E-state index contributed by atoms with van der Waals surface area (Å²) < 4.78 is 5.63. The van der Waals surface area contributed by atoms with Crippen LogP contribution in [-0.4, -0.2) is 5.11 Å². The van der Waals surface area contributed by atoms with Gasteiger partial charge in [0.2, 0.25) is 0 Å². The van der Waals surface area contributed by atoms with Crippen LogP contribution in [0.3, 0.4) is 0 Å². The smallest absolute Gasteiger partial charge is 0.147 e. The van der Waals surface area contributed by atoms with Gasteiger partial charge >= 0.3 is 0 Å². The fraction of sp³-hybridized carbons (Fsp3) is 0.0769. The lowest BCUT2D eigenvalue weighted by Crippen LogP contribution is -1.93. The van der Waals surface area contributed by atoms with Crippen LogP contribution in [0.25, 0.3) is 0 Å². The average molecular weight is 338 g/mol. The van der Waals surface area contributed by atoms with Crippen molar-refractivity contribution in [3.05, 3.63) is 56.0 Å². The Hall–Kier alpha value is -0.640. The predicted octanol–water partition coefficient (Wildman–Crippen LogP) is 5.58. The van der Waals surface area contributed by atoms with E-state index < -0.39 is 0 Å². The highest BCUT2D eigenvalue weighted by Gasteiger charge is 2.12. The molecule has 0 saturated heterocycles. The third-order valence-electron chi connectivity index (χ3n) is 2.43. The SMILES string of the molecule is OCc1c(Cl)cccc1Oc1cc(Cl)c(Cl)cc1Cl. The molecule has 1 N–H and O–H groups in total. The zero-order valence-electron chi connectivity index (χ0n) is 9.46. The molecule has 0 atom stereocenters. The fourth-order valence-corrected chi connectivity index (χ4v) is 2.29. The number of aliphatic hydroxyl groups is 1. The molecule has 100 valence electrons. The molecule has 2 aromatic rings. The van der Waals surface area contributed by atoms with Crippen molar-refractivity contribution in [2.75, 3.05) is 0 Å². The Morgan fingerprint density at radius 3 is 2.21 bits per heavy atom. The van der Waals surface area contributed by atoms with Crippen molar-refractivity contribution in [1.82, 2.24) is 0 Å². The number of aliphatic hydroxyl groups excluding tert-OH is 1. The molecule has 0 fully saturated rings. The maximum atomic E-state index is 9.30. The van der Waals surface area contributed by atoms with E-state index in [0.717, 1.165) is 0 Å².